The van der Waals surface area contributed by atoms with Crippen LogP contribution in [0.3, 0.4) is 0 Å². The van der Waals surface area contributed by atoms with Crippen LogP contribution in [0.4, 0.5) is 5.69 Å². The molecule has 0 radical (unpaired) electrons. The Morgan fingerprint density at radius 2 is 1.62 bits per heavy atom. The maximum Gasteiger partial charge on any atom is 0.330 e. The quantitative estimate of drug-likeness (QED) is 0.767. The summed E-state index contributed by atoms with van der Waals surface area (Å²) in [6.07, 6.45) is 0. The molecule has 0 saturated carbocycles. The molecule has 0 aromatic heterocycles. The summed E-state index contributed by atoms with van der Waals surface area (Å²) in [6.45, 7) is 8.73. The fraction of sp³-hybridized carbons (Fsp3) is 0.421. The molecular weight excluding hydrogens is 368 g/mol. The van der Waals surface area contributed by atoms with Crippen LogP contribution >= 0.6 is 15.9 Å². The van der Waals surface area contributed by atoms with Crippen LogP contribution in [-0.4, -0.2) is 37.2 Å². The number of fused-ring (bicyclic) bond motifs is 1. The van der Waals surface area contributed by atoms with Crippen molar-refractivity contribution < 1.29 is 9.63 Å². The van der Waals surface area contributed by atoms with Crippen molar-refractivity contribution >= 4 is 38.4 Å². The van der Waals surface area contributed by atoms with Gasteiger partial charge in [0.2, 0.25) is 0 Å². The first kappa shape index (κ1) is 17.2. The SMILES string of the molecule is CC(C)(C)C(=O)ON1CCN(c2ccc(Br)c3ccccc23)CC1. The lowest BCUT2D eigenvalue weighted by Crippen LogP contribution is -2.48. The number of carbonyl (C=O) groups is 1. The molecule has 4 nitrogen and oxygen atoms in total. The van der Waals surface area contributed by atoms with E-state index < -0.39 is 5.41 Å². The van der Waals surface area contributed by atoms with E-state index in [9.17, 15) is 4.79 Å². The molecule has 0 atom stereocenters. The van der Waals surface area contributed by atoms with Crippen LogP contribution in [0.1, 0.15) is 20.8 Å². The number of halogens is 1. The second kappa shape index (κ2) is 6.73. The summed E-state index contributed by atoms with van der Waals surface area (Å²) in [5, 5.41) is 4.24. The molecule has 3 rings (SSSR count). The van der Waals surface area contributed by atoms with Crippen molar-refractivity contribution in [3.8, 4) is 0 Å². The minimum absolute atomic E-state index is 0.176. The number of nitrogens with zero attached hydrogens (tertiary/aromatic N) is 2. The zero-order valence-corrected chi connectivity index (χ0v) is 16.0. The van der Waals surface area contributed by atoms with E-state index in [1.54, 1.807) is 5.06 Å². The monoisotopic (exact) mass is 390 g/mol. The minimum atomic E-state index is -0.473. The largest absolute Gasteiger partial charge is 0.368 e. The highest BCUT2D eigenvalue weighted by Gasteiger charge is 2.28. The number of benzene rings is 2. The van der Waals surface area contributed by atoms with E-state index in [0.29, 0.717) is 13.1 Å². The zero-order valence-electron chi connectivity index (χ0n) is 14.4. The molecule has 128 valence electrons. The van der Waals surface area contributed by atoms with Crippen molar-refractivity contribution in [2.75, 3.05) is 31.1 Å². The Bertz CT molecular complexity index is 747. The average Bonchev–Trinajstić information content (AvgIpc) is 2.56. The molecule has 2 aromatic carbocycles. The molecule has 1 aliphatic rings. The standard InChI is InChI=1S/C19H23BrN2O2/c1-19(2,3)18(23)24-22-12-10-21(11-13-22)17-9-8-16(20)14-6-4-5-7-15(14)17/h4-9H,10-13H2,1-3H3. The fourth-order valence-corrected chi connectivity index (χ4v) is 3.27. The highest BCUT2D eigenvalue weighted by molar-refractivity contribution is 9.10. The van der Waals surface area contributed by atoms with E-state index in [2.05, 4.69) is 57.2 Å². The van der Waals surface area contributed by atoms with Crippen molar-refractivity contribution in [3.05, 3.63) is 40.9 Å². The Morgan fingerprint density at radius 3 is 2.25 bits per heavy atom. The number of hydrogen-bond donors (Lipinski definition) is 0. The van der Waals surface area contributed by atoms with Gasteiger partial charge >= 0.3 is 5.97 Å². The van der Waals surface area contributed by atoms with Crippen molar-refractivity contribution in [1.29, 1.82) is 0 Å². The van der Waals surface area contributed by atoms with E-state index in [-0.39, 0.29) is 5.97 Å². The van der Waals surface area contributed by atoms with Crippen LogP contribution in [0.2, 0.25) is 0 Å². The van der Waals surface area contributed by atoms with E-state index in [4.69, 9.17) is 4.84 Å². The summed E-state index contributed by atoms with van der Waals surface area (Å²) in [4.78, 5) is 19.9. The number of hydrogen-bond acceptors (Lipinski definition) is 4. The summed E-state index contributed by atoms with van der Waals surface area (Å²) in [5.74, 6) is -0.176. The first-order valence-corrected chi connectivity index (χ1v) is 9.05. The topological polar surface area (TPSA) is 32.8 Å². The second-order valence-corrected chi connectivity index (χ2v) is 8.01. The summed E-state index contributed by atoms with van der Waals surface area (Å²) in [7, 11) is 0. The molecule has 0 amide bonds. The Kier molecular flexibility index (Phi) is 4.83. The highest BCUT2D eigenvalue weighted by Crippen LogP contribution is 2.32. The Hall–Kier alpha value is -1.59. The average molecular weight is 391 g/mol. The third kappa shape index (κ3) is 3.57. The smallest absolute Gasteiger partial charge is 0.330 e. The van der Waals surface area contributed by atoms with Crippen LogP contribution in [0, 0.1) is 5.41 Å². The van der Waals surface area contributed by atoms with Crippen molar-refractivity contribution in [2.24, 2.45) is 5.41 Å². The van der Waals surface area contributed by atoms with Crippen LogP contribution < -0.4 is 4.90 Å². The maximum atomic E-state index is 12.0. The highest BCUT2D eigenvalue weighted by atomic mass is 79.9. The van der Waals surface area contributed by atoms with Crippen LogP contribution in [0.25, 0.3) is 10.8 Å². The Balaban J connectivity index is 1.72. The summed E-state index contributed by atoms with van der Waals surface area (Å²) in [6, 6.07) is 12.7. The zero-order chi connectivity index (χ0) is 17.3. The molecule has 0 spiro atoms. The Morgan fingerprint density at radius 1 is 1.00 bits per heavy atom. The molecule has 1 aliphatic heterocycles. The van der Waals surface area contributed by atoms with Gasteiger partial charge in [0, 0.05) is 28.6 Å². The van der Waals surface area contributed by atoms with E-state index >= 15 is 0 Å². The Labute approximate surface area is 151 Å². The van der Waals surface area contributed by atoms with Gasteiger partial charge in [0.15, 0.2) is 0 Å². The van der Waals surface area contributed by atoms with Gasteiger partial charge in [-0.1, -0.05) is 40.2 Å². The normalized spacial score (nSPS) is 16.4. The molecule has 0 unspecified atom stereocenters. The molecule has 2 aromatic rings. The van der Waals surface area contributed by atoms with Gasteiger partial charge in [0.1, 0.15) is 0 Å². The third-order valence-electron chi connectivity index (χ3n) is 4.25. The van der Waals surface area contributed by atoms with Gasteiger partial charge in [-0.15, -0.1) is 5.06 Å². The lowest BCUT2D eigenvalue weighted by atomic mass is 9.98. The van der Waals surface area contributed by atoms with E-state index in [1.807, 2.05) is 20.8 Å². The second-order valence-electron chi connectivity index (χ2n) is 7.16. The number of anilines is 1. The predicted molar refractivity (Wildman–Crippen MR) is 101 cm³/mol. The molecule has 5 heteroatoms. The molecule has 0 N–H and O–H groups in total. The summed E-state index contributed by atoms with van der Waals surface area (Å²) < 4.78 is 1.11. The van der Waals surface area contributed by atoms with E-state index in [0.717, 1.165) is 17.6 Å². The van der Waals surface area contributed by atoms with Crippen molar-refractivity contribution in [3.63, 3.8) is 0 Å². The molecule has 0 bridgehead atoms. The predicted octanol–water partition coefficient (Wildman–Crippen LogP) is 4.23. The van der Waals surface area contributed by atoms with Gasteiger partial charge in [-0.3, -0.25) is 0 Å². The van der Waals surface area contributed by atoms with Gasteiger partial charge in [-0.2, -0.15) is 0 Å². The lowest BCUT2D eigenvalue weighted by molar-refractivity contribution is -0.201. The number of piperazine rings is 1. The van der Waals surface area contributed by atoms with Gasteiger partial charge in [-0.05, 0) is 38.3 Å². The maximum absolute atomic E-state index is 12.0. The van der Waals surface area contributed by atoms with Crippen LogP contribution in [-0.2, 0) is 9.63 Å². The third-order valence-corrected chi connectivity index (χ3v) is 4.94. The molecular formula is C19H23BrN2O2. The summed E-state index contributed by atoms with van der Waals surface area (Å²) >= 11 is 3.63. The first-order chi connectivity index (χ1) is 11.4. The lowest BCUT2D eigenvalue weighted by Gasteiger charge is -2.36. The molecule has 1 saturated heterocycles. The summed E-state index contributed by atoms with van der Waals surface area (Å²) in [5.41, 5.74) is 0.759. The number of hydroxylamine groups is 2. The van der Waals surface area contributed by atoms with Crippen molar-refractivity contribution in [2.45, 2.75) is 20.8 Å². The molecule has 0 aliphatic carbocycles. The number of carbonyl (C=O) groups excluding carboxylic acids is 1. The fourth-order valence-electron chi connectivity index (χ4n) is 2.80. The first-order valence-electron chi connectivity index (χ1n) is 8.26. The van der Waals surface area contributed by atoms with Gasteiger partial charge < -0.3 is 9.74 Å². The van der Waals surface area contributed by atoms with E-state index in [1.165, 1.54) is 16.5 Å². The molecule has 1 fully saturated rings. The van der Waals surface area contributed by atoms with Gasteiger partial charge in [0.05, 0.1) is 18.5 Å². The molecule has 24 heavy (non-hydrogen) atoms. The molecule has 1 heterocycles. The van der Waals surface area contributed by atoms with Crippen LogP contribution in [0.15, 0.2) is 40.9 Å². The van der Waals surface area contributed by atoms with Gasteiger partial charge in [0.25, 0.3) is 0 Å². The van der Waals surface area contributed by atoms with Crippen LogP contribution in [0.5, 0.6) is 0 Å². The van der Waals surface area contributed by atoms with Crippen molar-refractivity contribution in [1.82, 2.24) is 5.06 Å². The minimum Gasteiger partial charge on any atom is -0.368 e. The number of rotatable bonds is 2. The van der Waals surface area contributed by atoms with Gasteiger partial charge in [-0.25, -0.2) is 4.79 Å².